The highest BCUT2D eigenvalue weighted by atomic mass is 16.6. The van der Waals surface area contributed by atoms with Crippen molar-refractivity contribution in [3.8, 4) is 0 Å². The molecule has 2 rings (SSSR count). The number of para-hydroxylation sites is 1. The first kappa shape index (κ1) is 14.4. The molecule has 1 aromatic rings. The van der Waals surface area contributed by atoms with Gasteiger partial charge < -0.3 is 15.4 Å². The summed E-state index contributed by atoms with van der Waals surface area (Å²) in [5, 5.41) is 17.0. The molecular weight excluding hydrogens is 262 g/mol. The number of amides is 1. The maximum absolute atomic E-state index is 12.2. The lowest BCUT2D eigenvalue weighted by Crippen LogP contribution is -2.43. The summed E-state index contributed by atoms with van der Waals surface area (Å²) in [5.41, 5.74) is 0.400. The van der Waals surface area contributed by atoms with Gasteiger partial charge in [-0.05, 0) is 13.0 Å². The van der Waals surface area contributed by atoms with Crippen LogP contribution >= 0.6 is 0 Å². The van der Waals surface area contributed by atoms with Crippen molar-refractivity contribution in [2.24, 2.45) is 0 Å². The first-order valence-corrected chi connectivity index (χ1v) is 6.33. The van der Waals surface area contributed by atoms with Crippen molar-refractivity contribution in [3.63, 3.8) is 0 Å². The first-order valence-electron chi connectivity index (χ1n) is 6.33. The van der Waals surface area contributed by atoms with Crippen LogP contribution in [0.1, 0.15) is 15.9 Å². The van der Waals surface area contributed by atoms with Crippen molar-refractivity contribution in [3.05, 3.63) is 39.4 Å². The molecule has 1 saturated heterocycles. The van der Waals surface area contributed by atoms with E-state index in [1.807, 2.05) is 0 Å². The number of rotatable bonds is 4. The van der Waals surface area contributed by atoms with Gasteiger partial charge in [-0.25, -0.2) is 0 Å². The Morgan fingerprint density at radius 3 is 2.90 bits per heavy atom. The molecule has 0 aromatic heterocycles. The van der Waals surface area contributed by atoms with Crippen molar-refractivity contribution in [1.29, 1.82) is 0 Å². The van der Waals surface area contributed by atoms with Crippen molar-refractivity contribution in [1.82, 2.24) is 10.6 Å². The predicted octanol–water partition coefficient (Wildman–Crippen LogP) is 0.620. The number of nitro groups is 1. The zero-order valence-corrected chi connectivity index (χ0v) is 11.4. The van der Waals surface area contributed by atoms with Gasteiger partial charge in [0.15, 0.2) is 0 Å². The van der Waals surface area contributed by atoms with Crippen LogP contribution in [0.5, 0.6) is 0 Å². The zero-order chi connectivity index (χ0) is 14.7. The Labute approximate surface area is 116 Å². The Balaban J connectivity index is 2.21. The third-order valence-corrected chi connectivity index (χ3v) is 3.44. The van der Waals surface area contributed by atoms with Crippen molar-refractivity contribution < 1.29 is 14.5 Å². The van der Waals surface area contributed by atoms with Gasteiger partial charge in [0, 0.05) is 25.8 Å². The number of hydrogen-bond acceptors (Lipinski definition) is 5. The van der Waals surface area contributed by atoms with Gasteiger partial charge in [-0.2, -0.15) is 0 Å². The van der Waals surface area contributed by atoms with Crippen LogP contribution in [0, 0.1) is 17.0 Å². The van der Waals surface area contributed by atoms with Crippen molar-refractivity contribution in [2.45, 2.75) is 19.1 Å². The smallest absolute Gasteiger partial charge is 0.285 e. The molecule has 2 atom stereocenters. The van der Waals surface area contributed by atoms with Crippen LogP contribution in [0.15, 0.2) is 18.2 Å². The van der Waals surface area contributed by atoms with Crippen LogP contribution < -0.4 is 10.6 Å². The van der Waals surface area contributed by atoms with E-state index in [9.17, 15) is 14.9 Å². The van der Waals surface area contributed by atoms with E-state index in [4.69, 9.17) is 4.74 Å². The van der Waals surface area contributed by atoms with Gasteiger partial charge in [-0.15, -0.1) is 0 Å². The topological polar surface area (TPSA) is 93.5 Å². The summed E-state index contributed by atoms with van der Waals surface area (Å²) >= 11 is 0. The van der Waals surface area contributed by atoms with Crippen LogP contribution in [0.3, 0.4) is 0 Å². The molecule has 0 spiro atoms. The molecule has 0 bridgehead atoms. The van der Waals surface area contributed by atoms with Crippen LogP contribution in [-0.2, 0) is 4.74 Å². The molecule has 7 heteroatoms. The fraction of sp³-hybridized carbons (Fsp3) is 0.462. The molecule has 20 heavy (non-hydrogen) atoms. The number of nitrogens with one attached hydrogen (secondary N) is 2. The Bertz CT molecular complexity index is 532. The third-order valence-electron chi connectivity index (χ3n) is 3.44. The highest BCUT2D eigenvalue weighted by molar-refractivity contribution is 5.98. The quantitative estimate of drug-likeness (QED) is 0.622. The number of carbonyl (C=O) groups excluding carboxylic acids is 1. The van der Waals surface area contributed by atoms with E-state index < -0.39 is 10.8 Å². The van der Waals surface area contributed by atoms with Gasteiger partial charge in [-0.1, -0.05) is 12.1 Å². The third kappa shape index (κ3) is 2.78. The van der Waals surface area contributed by atoms with E-state index in [-0.39, 0.29) is 23.4 Å². The summed E-state index contributed by atoms with van der Waals surface area (Å²) < 4.78 is 5.25. The fourth-order valence-electron chi connectivity index (χ4n) is 2.38. The number of carbonyl (C=O) groups is 1. The summed E-state index contributed by atoms with van der Waals surface area (Å²) in [5.74, 6) is -0.448. The number of nitro benzene ring substituents is 1. The molecule has 1 aromatic carbocycles. The van der Waals surface area contributed by atoms with E-state index in [0.29, 0.717) is 18.7 Å². The van der Waals surface area contributed by atoms with Gasteiger partial charge in [-0.3, -0.25) is 14.9 Å². The molecule has 1 heterocycles. The zero-order valence-electron chi connectivity index (χ0n) is 11.4. The summed E-state index contributed by atoms with van der Waals surface area (Å²) in [6, 6.07) is 4.53. The number of nitrogens with zero attached hydrogens (tertiary/aromatic N) is 1. The average molecular weight is 279 g/mol. The van der Waals surface area contributed by atoms with Crippen LogP contribution in [0.25, 0.3) is 0 Å². The number of aryl methyl sites for hydroxylation is 1. The normalized spacial score (nSPS) is 21.7. The average Bonchev–Trinajstić information content (AvgIpc) is 2.85. The molecule has 1 aliphatic rings. The molecular formula is C13H17N3O4. The highest BCUT2D eigenvalue weighted by Crippen LogP contribution is 2.23. The maximum Gasteiger partial charge on any atom is 0.285 e. The predicted molar refractivity (Wildman–Crippen MR) is 72.8 cm³/mol. The van der Waals surface area contributed by atoms with E-state index in [1.165, 1.54) is 6.07 Å². The summed E-state index contributed by atoms with van der Waals surface area (Å²) in [4.78, 5) is 22.8. The lowest BCUT2D eigenvalue weighted by molar-refractivity contribution is -0.385. The lowest BCUT2D eigenvalue weighted by Gasteiger charge is -2.18. The largest absolute Gasteiger partial charge is 0.378 e. The second kappa shape index (κ2) is 5.98. The van der Waals surface area contributed by atoms with Gasteiger partial charge >= 0.3 is 0 Å². The van der Waals surface area contributed by atoms with Gasteiger partial charge in [0.25, 0.3) is 11.6 Å². The Morgan fingerprint density at radius 1 is 1.50 bits per heavy atom. The first-order chi connectivity index (χ1) is 9.54. The second-order valence-electron chi connectivity index (χ2n) is 4.74. The Hall–Kier alpha value is -1.99. The summed E-state index contributed by atoms with van der Waals surface area (Å²) in [7, 11) is 1.58. The molecule has 2 N–H and O–H groups in total. The molecule has 0 saturated carbocycles. The van der Waals surface area contributed by atoms with Crippen molar-refractivity contribution in [2.75, 3.05) is 20.2 Å². The van der Waals surface area contributed by atoms with Gasteiger partial charge in [0.1, 0.15) is 5.56 Å². The van der Waals surface area contributed by atoms with Gasteiger partial charge in [0.2, 0.25) is 0 Å². The Kier molecular flexibility index (Phi) is 4.31. The van der Waals surface area contributed by atoms with E-state index in [1.54, 1.807) is 26.2 Å². The maximum atomic E-state index is 12.2. The minimum atomic E-state index is -0.523. The minimum Gasteiger partial charge on any atom is -0.378 e. The molecule has 0 radical (unpaired) electrons. The molecule has 1 unspecified atom stereocenters. The van der Waals surface area contributed by atoms with Gasteiger partial charge in [0.05, 0.1) is 17.1 Å². The van der Waals surface area contributed by atoms with Crippen molar-refractivity contribution >= 4 is 11.6 Å². The number of hydrogen-bond donors (Lipinski definition) is 2. The monoisotopic (exact) mass is 279 g/mol. The minimum absolute atomic E-state index is 0.0803. The summed E-state index contributed by atoms with van der Waals surface area (Å²) in [6.07, 6.45) is -0.122. The van der Waals surface area contributed by atoms with E-state index >= 15 is 0 Å². The second-order valence-corrected chi connectivity index (χ2v) is 4.74. The Morgan fingerprint density at radius 2 is 2.25 bits per heavy atom. The van der Waals surface area contributed by atoms with E-state index in [2.05, 4.69) is 10.6 Å². The lowest BCUT2D eigenvalue weighted by atomic mass is 10.1. The molecule has 1 aliphatic heterocycles. The molecule has 7 nitrogen and oxygen atoms in total. The van der Waals surface area contributed by atoms with E-state index in [0.717, 1.165) is 0 Å². The standard InChI is InChI=1S/C13H17N3O4/c1-8-4-3-5-9(12(8)16(18)19)13(17)15-10-6-14-7-11(10)20-2/h3-5,10-11,14H,6-7H2,1-2H3,(H,15,17)/t10?,11-/m0/s1. The van der Waals surface area contributed by atoms with Crippen LogP contribution in [0.4, 0.5) is 5.69 Å². The molecule has 1 fully saturated rings. The number of methoxy groups -OCH3 is 1. The number of benzene rings is 1. The molecule has 0 aliphatic carbocycles. The number of ether oxygens (including phenoxy) is 1. The molecule has 1 amide bonds. The SMILES string of the molecule is CO[C@H]1CNCC1NC(=O)c1cccc(C)c1[N+](=O)[O-]. The molecule has 108 valence electrons. The highest BCUT2D eigenvalue weighted by Gasteiger charge is 2.30. The van der Waals surface area contributed by atoms with Crippen LogP contribution in [-0.4, -0.2) is 43.2 Å². The fourth-order valence-corrected chi connectivity index (χ4v) is 2.38. The van der Waals surface area contributed by atoms with Crippen LogP contribution in [0.2, 0.25) is 0 Å². The summed E-state index contributed by atoms with van der Waals surface area (Å²) in [6.45, 7) is 2.85.